The van der Waals surface area contributed by atoms with Gasteiger partial charge >= 0.3 is 5.97 Å². The second-order valence-electron chi connectivity index (χ2n) is 10.8. The number of carbonyl (C=O) groups excluding carboxylic acids is 2. The van der Waals surface area contributed by atoms with Gasteiger partial charge in [0.05, 0.1) is 19.4 Å². The van der Waals surface area contributed by atoms with Gasteiger partial charge in [0.2, 0.25) is 11.8 Å². The topological polar surface area (TPSA) is 95.9 Å². The number of hydrogen-bond donors (Lipinski definition) is 2. The second kappa shape index (κ2) is 12.8. The number of amides is 2. The van der Waals surface area contributed by atoms with E-state index < -0.39 is 17.9 Å². The lowest BCUT2D eigenvalue weighted by molar-refractivity contribution is -0.143. The number of carboxylic acids is 1. The van der Waals surface area contributed by atoms with Crippen molar-refractivity contribution in [3.05, 3.63) is 88.5 Å². The van der Waals surface area contributed by atoms with Crippen molar-refractivity contribution in [3.8, 4) is 16.9 Å². The maximum Gasteiger partial charge on any atom is 0.326 e. The number of aryl methyl sites for hydroxylation is 3. The van der Waals surface area contributed by atoms with Crippen LogP contribution in [0.2, 0.25) is 0 Å². The highest BCUT2D eigenvalue weighted by Gasteiger charge is 2.31. The number of aliphatic carboxylic acids is 1. The molecule has 0 bridgehead atoms. The lowest BCUT2D eigenvalue weighted by atomic mass is 9.94. The second-order valence-corrected chi connectivity index (χ2v) is 10.8. The van der Waals surface area contributed by atoms with Crippen LogP contribution in [-0.4, -0.2) is 54.0 Å². The van der Waals surface area contributed by atoms with E-state index in [0.29, 0.717) is 32.4 Å². The SMILES string of the molecule is COc1ccc(-c2ccc(C[C@H](NC(=O)C3CCCN(C(=O)Cc4c(C)cc(C)cc4C)C3)C(=O)O)cc2)cc1. The fourth-order valence-electron chi connectivity index (χ4n) is 5.51. The molecule has 3 aromatic rings. The van der Waals surface area contributed by atoms with E-state index in [2.05, 4.69) is 17.4 Å². The molecule has 1 heterocycles. The van der Waals surface area contributed by atoms with Crippen LogP contribution in [0, 0.1) is 26.7 Å². The summed E-state index contributed by atoms with van der Waals surface area (Å²) in [6, 6.07) is 18.5. The molecule has 1 aliphatic heterocycles. The summed E-state index contributed by atoms with van der Waals surface area (Å²) >= 11 is 0. The molecule has 2 atom stereocenters. The van der Waals surface area contributed by atoms with Gasteiger partial charge < -0.3 is 20.1 Å². The Morgan fingerprint density at radius 3 is 2.15 bits per heavy atom. The third-order valence-electron chi connectivity index (χ3n) is 7.74. The molecule has 0 aliphatic carbocycles. The van der Waals surface area contributed by atoms with E-state index >= 15 is 0 Å². The zero-order chi connectivity index (χ0) is 28.8. The molecular formula is C33H38N2O5. The summed E-state index contributed by atoms with van der Waals surface area (Å²) in [5.74, 6) is -1.05. The van der Waals surface area contributed by atoms with Crippen LogP contribution in [-0.2, 0) is 27.2 Å². The van der Waals surface area contributed by atoms with Crippen LogP contribution in [0.3, 0.4) is 0 Å². The summed E-state index contributed by atoms with van der Waals surface area (Å²) in [7, 11) is 1.62. The number of nitrogens with zero attached hydrogens (tertiary/aromatic N) is 1. The van der Waals surface area contributed by atoms with Crippen molar-refractivity contribution >= 4 is 17.8 Å². The van der Waals surface area contributed by atoms with Gasteiger partial charge in [-0.2, -0.15) is 0 Å². The van der Waals surface area contributed by atoms with Gasteiger partial charge in [-0.25, -0.2) is 4.79 Å². The molecule has 0 saturated carbocycles. The Kier molecular flexibility index (Phi) is 9.25. The smallest absolute Gasteiger partial charge is 0.326 e. The van der Waals surface area contributed by atoms with Crippen molar-refractivity contribution in [2.75, 3.05) is 20.2 Å². The van der Waals surface area contributed by atoms with E-state index in [-0.39, 0.29) is 18.2 Å². The molecule has 1 unspecified atom stereocenters. The van der Waals surface area contributed by atoms with Crippen LogP contribution in [0.5, 0.6) is 5.75 Å². The van der Waals surface area contributed by atoms with Gasteiger partial charge in [-0.15, -0.1) is 0 Å². The number of carbonyl (C=O) groups is 3. The molecule has 3 aromatic carbocycles. The van der Waals surface area contributed by atoms with E-state index in [1.807, 2.05) is 69.3 Å². The van der Waals surface area contributed by atoms with E-state index in [1.165, 1.54) is 5.56 Å². The summed E-state index contributed by atoms with van der Waals surface area (Å²) in [4.78, 5) is 40.1. The minimum absolute atomic E-state index is 0.000660. The molecule has 1 saturated heterocycles. The molecule has 40 heavy (non-hydrogen) atoms. The molecule has 7 nitrogen and oxygen atoms in total. The van der Waals surface area contributed by atoms with Gasteiger partial charge in [-0.1, -0.05) is 54.1 Å². The first kappa shape index (κ1) is 28.9. The van der Waals surface area contributed by atoms with E-state index in [4.69, 9.17) is 4.74 Å². The van der Waals surface area contributed by atoms with Gasteiger partial charge in [0.25, 0.3) is 0 Å². The van der Waals surface area contributed by atoms with Gasteiger partial charge in [0.15, 0.2) is 0 Å². The summed E-state index contributed by atoms with van der Waals surface area (Å²) in [6.45, 7) is 7.00. The Balaban J connectivity index is 1.36. The molecular weight excluding hydrogens is 504 g/mol. The molecule has 0 radical (unpaired) electrons. The van der Waals surface area contributed by atoms with Gasteiger partial charge in [-0.05, 0) is 79.1 Å². The van der Waals surface area contributed by atoms with Crippen LogP contribution in [0.4, 0.5) is 0 Å². The molecule has 0 aromatic heterocycles. The zero-order valence-electron chi connectivity index (χ0n) is 23.7. The van der Waals surface area contributed by atoms with Crippen LogP contribution < -0.4 is 10.1 Å². The molecule has 2 N–H and O–H groups in total. The van der Waals surface area contributed by atoms with Crippen molar-refractivity contribution in [1.82, 2.24) is 10.2 Å². The van der Waals surface area contributed by atoms with Crippen LogP contribution >= 0.6 is 0 Å². The first-order valence-corrected chi connectivity index (χ1v) is 13.8. The Morgan fingerprint density at radius 2 is 1.57 bits per heavy atom. The molecule has 7 heteroatoms. The van der Waals surface area contributed by atoms with Gasteiger partial charge in [0.1, 0.15) is 11.8 Å². The molecule has 210 valence electrons. The van der Waals surface area contributed by atoms with E-state index in [9.17, 15) is 19.5 Å². The lowest BCUT2D eigenvalue weighted by Gasteiger charge is -2.33. The minimum atomic E-state index is -1.08. The predicted octanol–water partition coefficient (Wildman–Crippen LogP) is 4.88. The normalized spacial score (nSPS) is 15.8. The summed E-state index contributed by atoms with van der Waals surface area (Å²) < 4.78 is 5.21. The fraction of sp³-hybridized carbons (Fsp3) is 0.364. The first-order valence-electron chi connectivity index (χ1n) is 13.8. The predicted molar refractivity (Wildman–Crippen MR) is 155 cm³/mol. The van der Waals surface area contributed by atoms with Crippen LogP contribution in [0.25, 0.3) is 11.1 Å². The van der Waals surface area contributed by atoms with Gasteiger partial charge in [0, 0.05) is 19.5 Å². The number of nitrogens with one attached hydrogen (secondary N) is 1. The fourth-order valence-corrected chi connectivity index (χ4v) is 5.51. The number of carboxylic acid groups (broad SMARTS) is 1. The quantitative estimate of drug-likeness (QED) is 0.402. The summed E-state index contributed by atoms with van der Waals surface area (Å²) in [5.41, 5.74) is 7.24. The highest BCUT2D eigenvalue weighted by atomic mass is 16.5. The Labute approximate surface area is 236 Å². The van der Waals surface area contributed by atoms with Crippen LogP contribution in [0.15, 0.2) is 60.7 Å². The monoisotopic (exact) mass is 542 g/mol. The number of rotatable bonds is 9. The largest absolute Gasteiger partial charge is 0.497 e. The Hall–Kier alpha value is -4.13. The van der Waals surface area contributed by atoms with E-state index in [0.717, 1.165) is 39.1 Å². The zero-order valence-corrected chi connectivity index (χ0v) is 23.7. The number of benzene rings is 3. The highest BCUT2D eigenvalue weighted by molar-refractivity contribution is 5.86. The maximum atomic E-state index is 13.2. The minimum Gasteiger partial charge on any atom is -0.497 e. The number of hydrogen-bond acceptors (Lipinski definition) is 4. The number of ether oxygens (including phenoxy) is 1. The Morgan fingerprint density at radius 1 is 0.975 bits per heavy atom. The number of likely N-dealkylation sites (tertiary alicyclic amines) is 1. The van der Waals surface area contributed by atoms with Gasteiger partial charge in [-0.3, -0.25) is 9.59 Å². The number of methoxy groups -OCH3 is 1. The molecule has 0 spiro atoms. The highest BCUT2D eigenvalue weighted by Crippen LogP contribution is 2.24. The maximum absolute atomic E-state index is 13.2. The van der Waals surface area contributed by atoms with Crippen molar-refractivity contribution in [2.24, 2.45) is 5.92 Å². The lowest BCUT2D eigenvalue weighted by Crippen LogP contribution is -2.50. The molecule has 1 aliphatic rings. The van der Waals surface area contributed by atoms with Crippen LogP contribution in [0.1, 0.15) is 40.7 Å². The van der Waals surface area contributed by atoms with Crippen molar-refractivity contribution in [2.45, 2.75) is 52.5 Å². The molecule has 2 amide bonds. The average molecular weight is 543 g/mol. The van der Waals surface area contributed by atoms with Crippen molar-refractivity contribution < 1.29 is 24.2 Å². The van der Waals surface area contributed by atoms with Crippen molar-refractivity contribution in [1.29, 1.82) is 0 Å². The number of piperidine rings is 1. The Bertz CT molecular complexity index is 1340. The van der Waals surface area contributed by atoms with Crippen molar-refractivity contribution in [3.63, 3.8) is 0 Å². The summed E-state index contributed by atoms with van der Waals surface area (Å²) in [6.07, 6.45) is 1.81. The molecule has 4 rings (SSSR count). The van der Waals surface area contributed by atoms with E-state index in [1.54, 1.807) is 12.0 Å². The third kappa shape index (κ3) is 7.08. The summed E-state index contributed by atoms with van der Waals surface area (Å²) in [5, 5.41) is 12.6. The first-order chi connectivity index (χ1) is 19.1. The third-order valence-corrected chi connectivity index (χ3v) is 7.74. The molecule has 1 fully saturated rings. The standard InChI is InChI=1S/C33H38N2O5/c1-21-16-22(2)29(23(3)17-21)19-31(36)35-15-5-6-27(20-35)32(37)34-30(33(38)39)18-24-7-9-25(10-8-24)26-11-13-28(40-4)14-12-26/h7-14,16-17,27,30H,5-6,15,18-20H2,1-4H3,(H,34,37)(H,38,39)/t27?,30-/m0/s1. The average Bonchev–Trinajstić information content (AvgIpc) is 2.95.